The van der Waals surface area contributed by atoms with Gasteiger partial charge in [-0.15, -0.1) is 0 Å². The molecule has 4 nitrogen and oxygen atoms in total. The second-order valence-corrected chi connectivity index (χ2v) is 5.97. The number of rotatable bonds is 13. The van der Waals surface area contributed by atoms with E-state index < -0.39 is 0 Å². The zero-order valence-electron chi connectivity index (χ0n) is 15.5. The zero-order chi connectivity index (χ0) is 17.6. The third kappa shape index (κ3) is 8.48. The van der Waals surface area contributed by atoms with Crippen LogP contribution in [0.4, 0.5) is 0 Å². The summed E-state index contributed by atoms with van der Waals surface area (Å²) in [7, 11) is 3.42. The van der Waals surface area contributed by atoms with Gasteiger partial charge in [0.15, 0.2) is 0 Å². The summed E-state index contributed by atoms with van der Waals surface area (Å²) in [6.07, 6.45) is 3.67. The standard InChI is InChI=1S/C20H32O4/c1-17(15-23-12-6-10-21-3)19-8-5-9-20(14-19)18(2)16-24-13-7-11-22-4/h5,8-9,14-15,18H,6-7,10-13,16H2,1-4H3/b17-15+. The summed E-state index contributed by atoms with van der Waals surface area (Å²) in [6, 6.07) is 8.57. The predicted octanol–water partition coefficient (Wildman–Crippen LogP) is 4.26. The van der Waals surface area contributed by atoms with Crippen LogP contribution in [0.3, 0.4) is 0 Å². The average Bonchev–Trinajstić information content (AvgIpc) is 2.61. The highest BCUT2D eigenvalue weighted by atomic mass is 16.5. The Hall–Kier alpha value is -1.36. The number of ether oxygens (including phenoxy) is 4. The minimum absolute atomic E-state index is 0.364. The molecule has 0 saturated heterocycles. The van der Waals surface area contributed by atoms with Gasteiger partial charge in [0, 0.05) is 46.4 Å². The molecule has 1 atom stereocenters. The van der Waals surface area contributed by atoms with Gasteiger partial charge in [-0.3, -0.25) is 0 Å². The molecule has 0 heterocycles. The van der Waals surface area contributed by atoms with Crippen molar-refractivity contribution < 1.29 is 18.9 Å². The van der Waals surface area contributed by atoms with Crippen LogP contribution in [0.25, 0.3) is 5.57 Å². The van der Waals surface area contributed by atoms with Gasteiger partial charge in [-0.25, -0.2) is 0 Å². The van der Waals surface area contributed by atoms with E-state index >= 15 is 0 Å². The van der Waals surface area contributed by atoms with Crippen LogP contribution in [0, 0.1) is 0 Å². The van der Waals surface area contributed by atoms with Crippen LogP contribution in [0.2, 0.25) is 0 Å². The highest BCUT2D eigenvalue weighted by molar-refractivity contribution is 5.63. The molecule has 0 radical (unpaired) electrons. The lowest BCUT2D eigenvalue weighted by molar-refractivity contribution is 0.0957. The second kappa shape index (κ2) is 13.0. The van der Waals surface area contributed by atoms with Crippen molar-refractivity contribution in [2.45, 2.75) is 32.6 Å². The van der Waals surface area contributed by atoms with Crippen LogP contribution < -0.4 is 0 Å². The molecule has 0 saturated carbocycles. The molecule has 1 aromatic carbocycles. The van der Waals surface area contributed by atoms with Crippen molar-refractivity contribution in [3.63, 3.8) is 0 Å². The summed E-state index contributed by atoms with van der Waals surface area (Å²) in [6.45, 7) is 7.88. The first-order valence-corrected chi connectivity index (χ1v) is 8.63. The van der Waals surface area contributed by atoms with Crippen LogP contribution in [0.1, 0.15) is 43.7 Å². The number of allylic oxidation sites excluding steroid dienone is 1. The lowest BCUT2D eigenvalue weighted by Gasteiger charge is -2.14. The average molecular weight is 336 g/mol. The summed E-state index contributed by atoms with van der Waals surface area (Å²) >= 11 is 0. The van der Waals surface area contributed by atoms with E-state index in [9.17, 15) is 0 Å². The van der Waals surface area contributed by atoms with Crippen molar-refractivity contribution >= 4 is 5.57 Å². The van der Waals surface area contributed by atoms with Crippen LogP contribution in [-0.4, -0.2) is 47.3 Å². The van der Waals surface area contributed by atoms with Crippen LogP contribution >= 0.6 is 0 Å². The number of hydrogen-bond acceptors (Lipinski definition) is 4. The molecule has 0 N–H and O–H groups in total. The molecule has 0 amide bonds. The van der Waals surface area contributed by atoms with Gasteiger partial charge in [-0.1, -0.05) is 31.2 Å². The summed E-state index contributed by atoms with van der Waals surface area (Å²) in [5, 5.41) is 0. The van der Waals surface area contributed by atoms with Crippen molar-refractivity contribution in [3.05, 3.63) is 41.7 Å². The van der Waals surface area contributed by atoms with Gasteiger partial charge in [0.25, 0.3) is 0 Å². The maximum atomic E-state index is 5.72. The molecule has 136 valence electrons. The Kier molecular flexibility index (Phi) is 11.2. The zero-order valence-corrected chi connectivity index (χ0v) is 15.5. The monoisotopic (exact) mass is 336 g/mol. The minimum Gasteiger partial charge on any atom is -0.501 e. The Balaban J connectivity index is 2.47. The molecule has 1 aromatic rings. The minimum atomic E-state index is 0.364. The van der Waals surface area contributed by atoms with E-state index in [4.69, 9.17) is 18.9 Å². The van der Waals surface area contributed by atoms with Crippen molar-refractivity contribution in [2.24, 2.45) is 0 Å². The second-order valence-electron chi connectivity index (χ2n) is 5.97. The summed E-state index contributed by atoms with van der Waals surface area (Å²) in [5.74, 6) is 0.364. The largest absolute Gasteiger partial charge is 0.501 e. The van der Waals surface area contributed by atoms with Gasteiger partial charge in [-0.05, 0) is 30.0 Å². The van der Waals surface area contributed by atoms with Gasteiger partial charge in [0.1, 0.15) is 0 Å². The van der Waals surface area contributed by atoms with Gasteiger partial charge in [0.2, 0.25) is 0 Å². The molecular formula is C20H32O4. The number of methoxy groups -OCH3 is 2. The summed E-state index contributed by atoms with van der Waals surface area (Å²) in [4.78, 5) is 0. The maximum Gasteiger partial charge on any atom is 0.0895 e. The molecular weight excluding hydrogens is 304 g/mol. The molecule has 0 spiro atoms. The van der Waals surface area contributed by atoms with Gasteiger partial charge < -0.3 is 18.9 Å². The highest BCUT2D eigenvalue weighted by Gasteiger charge is 2.07. The Morgan fingerprint density at radius 1 is 1.04 bits per heavy atom. The lowest BCUT2D eigenvalue weighted by Crippen LogP contribution is -2.07. The first-order valence-electron chi connectivity index (χ1n) is 8.63. The Bertz CT molecular complexity index is 470. The summed E-state index contributed by atoms with van der Waals surface area (Å²) in [5.41, 5.74) is 3.60. The van der Waals surface area contributed by atoms with E-state index in [2.05, 4.69) is 38.1 Å². The molecule has 0 bridgehead atoms. The van der Waals surface area contributed by atoms with Crippen LogP contribution in [0.5, 0.6) is 0 Å². The molecule has 0 aliphatic heterocycles. The fourth-order valence-electron chi connectivity index (χ4n) is 2.29. The molecule has 0 aromatic heterocycles. The first-order chi connectivity index (χ1) is 11.7. The number of benzene rings is 1. The first kappa shape index (κ1) is 20.7. The van der Waals surface area contributed by atoms with Crippen molar-refractivity contribution in [2.75, 3.05) is 47.3 Å². The SMILES string of the molecule is COCCCO/C=C(\C)c1cccc(C(C)COCCCOC)c1. The molecule has 0 aliphatic rings. The van der Waals surface area contributed by atoms with Gasteiger partial charge >= 0.3 is 0 Å². The highest BCUT2D eigenvalue weighted by Crippen LogP contribution is 2.21. The fraction of sp³-hybridized carbons (Fsp3) is 0.600. The van der Waals surface area contributed by atoms with Crippen LogP contribution in [-0.2, 0) is 18.9 Å². The van der Waals surface area contributed by atoms with E-state index in [1.165, 1.54) is 11.1 Å². The van der Waals surface area contributed by atoms with E-state index in [-0.39, 0.29) is 0 Å². The molecule has 0 aliphatic carbocycles. The van der Waals surface area contributed by atoms with E-state index in [1.54, 1.807) is 14.2 Å². The molecule has 1 unspecified atom stereocenters. The van der Waals surface area contributed by atoms with E-state index in [1.807, 2.05) is 6.26 Å². The van der Waals surface area contributed by atoms with E-state index in [0.29, 0.717) is 12.5 Å². The van der Waals surface area contributed by atoms with Crippen molar-refractivity contribution in [1.29, 1.82) is 0 Å². The van der Waals surface area contributed by atoms with Crippen LogP contribution in [0.15, 0.2) is 30.5 Å². The number of hydrogen-bond donors (Lipinski definition) is 0. The third-order valence-electron chi connectivity index (χ3n) is 3.79. The summed E-state index contributed by atoms with van der Waals surface area (Å²) < 4.78 is 21.3. The molecule has 0 fully saturated rings. The van der Waals surface area contributed by atoms with Gasteiger partial charge in [-0.2, -0.15) is 0 Å². The Morgan fingerprint density at radius 3 is 2.46 bits per heavy atom. The maximum absolute atomic E-state index is 5.72. The molecule has 1 rings (SSSR count). The van der Waals surface area contributed by atoms with E-state index in [0.717, 1.165) is 44.8 Å². The van der Waals surface area contributed by atoms with Crippen molar-refractivity contribution in [1.82, 2.24) is 0 Å². The smallest absolute Gasteiger partial charge is 0.0895 e. The Labute approximate surface area is 146 Å². The fourth-order valence-corrected chi connectivity index (χ4v) is 2.29. The lowest BCUT2D eigenvalue weighted by atomic mass is 9.97. The van der Waals surface area contributed by atoms with Crippen molar-refractivity contribution in [3.8, 4) is 0 Å². The molecule has 4 heteroatoms. The van der Waals surface area contributed by atoms with Gasteiger partial charge in [0.05, 0.1) is 19.5 Å². The predicted molar refractivity (Wildman–Crippen MR) is 98.3 cm³/mol. The molecule has 24 heavy (non-hydrogen) atoms. The topological polar surface area (TPSA) is 36.9 Å². The quantitative estimate of drug-likeness (QED) is 0.398. The third-order valence-corrected chi connectivity index (χ3v) is 3.79. The normalized spacial score (nSPS) is 13.1. The Morgan fingerprint density at radius 2 is 1.75 bits per heavy atom.